The van der Waals surface area contributed by atoms with E-state index < -0.39 is 0 Å². The average molecular weight is 306 g/mol. The van der Waals surface area contributed by atoms with Gasteiger partial charge in [-0.2, -0.15) is 0 Å². The summed E-state index contributed by atoms with van der Waals surface area (Å²) in [5, 5.41) is 0. The van der Waals surface area contributed by atoms with E-state index in [1.54, 1.807) is 0 Å². The maximum absolute atomic E-state index is 13.0. The zero-order valence-corrected chi connectivity index (χ0v) is 13.2. The van der Waals surface area contributed by atoms with Crippen molar-refractivity contribution in [3.8, 4) is 0 Å². The second kappa shape index (κ2) is 5.82. The first kappa shape index (κ1) is 14.5. The number of hydrogen-bond acceptors (Lipinski definition) is 2. The predicted molar refractivity (Wildman–Crippen MR) is 92.9 cm³/mol. The van der Waals surface area contributed by atoms with Gasteiger partial charge in [0.05, 0.1) is 0 Å². The molecule has 0 spiro atoms. The number of carbonyl (C=O) groups excluding carboxylic acids is 1. The van der Waals surface area contributed by atoms with Gasteiger partial charge in [0.2, 0.25) is 0 Å². The lowest BCUT2D eigenvalue weighted by Crippen LogP contribution is -2.30. The second-order valence-electron chi connectivity index (χ2n) is 6.65. The molecule has 1 aliphatic carbocycles. The van der Waals surface area contributed by atoms with Crippen LogP contribution in [0.3, 0.4) is 0 Å². The van der Waals surface area contributed by atoms with Gasteiger partial charge in [-0.25, -0.2) is 0 Å². The Labute approximate surface area is 137 Å². The van der Waals surface area contributed by atoms with Crippen molar-refractivity contribution in [3.05, 3.63) is 65.2 Å². The van der Waals surface area contributed by atoms with Gasteiger partial charge in [0, 0.05) is 23.7 Å². The molecule has 118 valence electrons. The molecule has 1 atom stereocenters. The molecule has 1 saturated carbocycles. The SMILES string of the molecule is NCCC1CN(C(=O)c2cccc(C3CC3)c2)c2ccccc21. The Morgan fingerprint density at radius 1 is 1.13 bits per heavy atom. The van der Waals surface area contributed by atoms with Gasteiger partial charge >= 0.3 is 0 Å². The number of carbonyl (C=O) groups is 1. The van der Waals surface area contributed by atoms with E-state index >= 15 is 0 Å². The van der Waals surface area contributed by atoms with Crippen LogP contribution in [0, 0.1) is 0 Å². The molecule has 0 saturated heterocycles. The third-order valence-electron chi connectivity index (χ3n) is 5.01. The fraction of sp³-hybridized carbons (Fsp3) is 0.350. The summed E-state index contributed by atoms with van der Waals surface area (Å²) in [4.78, 5) is 15.0. The van der Waals surface area contributed by atoms with Crippen molar-refractivity contribution < 1.29 is 4.79 Å². The summed E-state index contributed by atoms with van der Waals surface area (Å²) >= 11 is 0. The average Bonchev–Trinajstić information content (AvgIpc) is 3.38. The first-order valence-electron chi connectivity index (χ1n) is 8.48. The maximum atomic E-state index is 13.0. The lowest BCUT2D eigenvalue weighted by atomic mass is 9.98. The van der Waals surface area contributed by atoms with E-state index in [1.165, 1.54) is 24.0 Å². The number of benzene rings is 2. The van der Waals surface area contributed by atoms with E-state index in [4.69, 9.17) is 5.73 Å². The molecule has 2 N–H and O–H groups in total. The lowest BCUT2D eigenvalue weighted by Gasteiger charge is -2.18. The number of para-hydroxylation sites is 1. The largest absolute Gasteiger partial charge is 0.330 e. The van der Waals surface area contributed by atoms with Crippen LogP contribution in [0.1, 0.15) is 52.6 Å². The van der Waals surface area contributed by atoms with E-state index in [1.807, 2.05) is 29.2 Å². The topological polar surface area (TPSA) is 46.3 Å². The van der Waals surface area contributed by atoms with Gasteiger partial charge in [0.25, 0.3) is 5.91 Å². The normalized spacial score (nSPS) is 19.7. The molecule has 3 heteroatoms. The van der Waals surface area contributed by atoms with E-state index in [-0.39, 0.29) is 5.91 Å². The molecule has 0 aromatic heterocycles. The fourth-order valence-electron chi connectivity index (χ4n) is 3.63. The summed E-state index contributed by atoms with van der Waals surface area (Å²) < 4.78 is 0. The first-order valence-corrected chi connectivity index (χ1v) is 8.48. The van der Waals surface area contributed by atoms with Crippen molar-refractivity contribution in [2.24, 2.45) is 5.73 Å². The van der Waals surface area contributed by atoms with Crippen LogP contribution in [0.25, 0.3) is 0 Å². The number of rotatable bonds is 4. The summed E-state index contributed by atoms with van der Waals surface area (Å²) in [5.41, 5.74) is 10.2. The molecule has 0 bridgehead atoms. The molecular weight excluding hydrogens is 284 g/mol. The molecule has 1 fully saturated rings. The maximum Gasteiger partial charge on any atom is 0.258 e. The van der Waals surface area contributed by atoms with Crippen LogP contribution < -0.4 is 10.6 Å². The highest BCUT2D eigenvalue weighted by Gasteiger charge is 2.32. The van der Waals surface area contributed by atoms with Crippen molar-refractivity contribution in [2.45, 2.75) is 31.1 Å². The minimum absolute atomic E-state index is 0.111. The standard InChI is InChI=1S/C20H22N2O/c21-11-10-17-13-22(19-7-2-1-6-18(17)19)20(23)16-5-3-4-15(12-16)14-8-9-14/h1-7,12,14,17H,8-11,13,21H2. The Balaban J connectivity index is 1.65. The van der Waals surface area contributed by atoms with Crippen LogP contribution in [-0.2, 0) is 0 Å². The minimum Gasteiger partial charge on any atom is -0.330 e. The summed E-state index contributed by atoms with van der Waals surface area (Å²) in [6, 6.07) is 16.4. The minimum atomic E-state index is 0.111. The van der Waals surface area contributed by atoms with Crippen LogP contribution in [0.15, 0.2) is 48.5 Å². The smallest absolute Gasteiger partial charge is 0.258 e. The molecular formula is C20H22N2O. The molecule has 1 heterocycles. The second-order valence-corrected chi connectivity index (χ2v) is 6.65. The molecule has 1 amide bonds. The molecule has 2 aromatic rings. The Hall–Kier alpha value is -2.13. The van der Waals surface area contributed by atoms with E-state index in [0.717, 1.165) is 24.2 Å². The highest BCUT2D eigenvalue weighted by molar-refractivity contribution is 6.07. The highest BCUT2D eigenvalue weighted by atomic mass is 16.2. The summed E-state index contributed by atoms with van der Waals surface area (Å²) in [7, 11) is 0. The Morgan fingerprint density at radius 3 is 2.74 bits per heavy atom. The van der Waals surface area contributed by atoms with Crippen LogP contribution in [0.2, 0.25) is 0 Å². The monoisotopic (exact) mass is 306 g/mol. The Bertz CT molecular complexity index is 736. The van der Waals surface area contributed by atoms with Gasteiger partial charge < -0.3 is 10.6 Å². The number of hydrogen-bond donors (Lipinski definition) is 1. The molecule has 23 heavy (non-hydrogen) atoms. The van der Waals surface area contributed by atoms with E-state index in [0.29, 0.717) is 18.4 Å². The lowest BCUT2D eigenvalue weighted by molar-refractivity contribution is 0.0988. The molecule has 2 aliphatic rings. The van der Waals surface area contributed by atoms with Crippen LogP contribution in [0.5, 0.6) is 0 Å². The van der Waals surface area contributed by atoms with Crippen molar-refractivity contribution in [2.75, 3.05) is 18.0 Å². The highest BCUT2D eigenvalue weighted by Crippen LogP contribution is 2.41. The van der Waals surface area contributed by atoms with Crippen LogP contribution in [0.4, 0.5) is 5.69 Å². The molecule has 2 aromatic carbocycles. The number of nitrogens with zero attached hydrogens (tertiary/aromatic N) is 1. The van der Waals surface area contributed by atoms with Gasteiger partial charge in [0.1, 0.15) is 0 Å². The molecule has 0 radical (unpaired) electrons. The Kier molecular flexibility index (Phi) is 3.66. The van der Waals surface area contributed by atoms with E-state index in [2.05, 4.69) is 24.3 Å². The first-order chi connectivity index (χ1) is 11.3. The van der Waals surface area contributed by atoms with Gasteiger partial charge in [-0.3, -0.25) is 4.79 Å². The summed E-state index contributed by atoms with van der Waals surface area (Å²) in [6.07, 6.45) is 3.43. The van der Waals surface area contributed by atoms with Gasteiger partial charge in [-0.1, -0.05) is 30.3 Å². The predicted octanol–water partition coefficient (Wildman–Crippen LogP) is 3.66. The number of fused-ring (bicyclic) bond motifs is 1. The van der Waals surface area contributed by atoms with Crippen molar-refractivity contribution in [1.82, 2.24) is 0 Å². The third-order valence-corrected chi connectivity index (χ3v) is 5.01. The van der Waals surface area contributed by atoms with Crippen LogP contribution in [-0.4, -0.2) is 19.0 Å². The number of amides is 1. The van der Waals surface area contributed by atoms with Crippen molar-refractivity contribution in [3.63, 3.8) is 0 Å². The van der Waals surface area contributed by atoms with Crippen molar-refractivity contribution >= 4 is 11.6 Å². The van der Waals surface area contributed by atoms with Crippen molar-refractivity contribution in [1.29, 1.82) is 0 Å². The van der Waals surface area contributed by atoms with Crippen LogP contribution >= 0.6 is 0 Å². The quantitative estimate of drug-likeness (QED) is 0.937. The number of anilines is 1. The van der Waals surface area contributed by atoms with E-state index in [9.17, 15) is 4.79 Å². The molecule has 3 nitrogen and oxygen atoms in total. The van der Waals surface area contributed by atoms with Gasteiger partial charge in [-0.15, -0.1) is 0 Å². The number of nitrogens with two attached hydrogens (primary N) is 1. The molecule has 1 unspecified atom stereocenters. The Morgan fingerprint density at radius 2 is 1.96 bits per heavy atom. The molecule has 4 rings (SSSR count). The zero-order chi connectivity index (χ0) is 15.8. The summed E-state index contributed by atoms with van der Waals surface area (Å²) in [6.45, 7) is 1.39. The van der Waals surface area contributed by atoms with Gasteiger partial charge in [0.15, 0.2) is 0 Å². The zero-order valence-electron chi connectivity index (χ0n) is 13.2. The fourth-order valence-corrected chi connectivity index (χ4v) is 3.63. The third kappa shape index (κ3) is 2.66. The van der Waals surface area contributed by atoms with Gasteiger partial charge in [-0.05, 0) is 61.1 Å². The summed E-state index contributed by atoms with van der Waals surface area (Å²) in [5.74, 6) is 1.13. The molecule has 1 aliphatic heterocycles.